The minimum Gasteiger partial charge on any atom is -0.484 e. The Morgan fingerprint density at radius 3 is 2.45 bits per heavy atom. The van der Waals surface area contributed by atoms with E-state index in [1.165, 1.54) is 42.5 Å². The number of hydrogen-bond donors (Lipinski definition) is 2. The lowest BCUT2D eigenvalue weighted by Crippen LogP contribution is -2.21. The number of ether oxygens (including phenoxy) is 1. The molecule has 3 N–H and O–H groups in total. The van der Waals surface area contributed by atoms with E-state index >= 15 is 0 Å². The summed E-state index contributed by atoms with van der Waals surface area (Å²) in [6.45, 7) is 1.64. The molecule has 0 aliphatic rings. The summed E-state index contributed by atoms with van der Waals surface area (Å²) >= 11 is 0. The zero-order valence-corrected chi connectivity index (χ0v) is 23.3. The maximum absolute atomic E-state index is 13.5. The van der Waals surface area contributed by atoms with Gasteiger partial charge in [0.25, 0.3) is 10.0 Å². The van der Waals surface area contributed by atoms with Gasteiger partial charge in [0.1, 0.15) is 40.9 Å². The fourth-order valence-electron chi connectivity index (χ4n) is 4.61. The molecule has 0 bridgehead atoms. The summed E-state index contributed by atoms with van der Waals surface area (Å²) in [6.07, 6.45) is 2.65. The first-order chi connectivity index (χ1) is 19.9. The molecule has 5 aromatic rings. The first kappa shape index (κ1) is 28.5. The van der Waals surface area contributed by atoms with Gasteiger partial charge in [-0.1, -0.05) is 18.2 Å². The third-order valence-corrected chi connectivity index (χ3v) is 7.68. The predicted molar refractivity (Wildman–Crippen MR) is 151 cm³/mol. The zero-order valence-electron chi connectivity index (χ0n) is 22.5. The number of aromatic nitrogens is 4. The van der Waals surface area contributed by atoms with Crippen molar-refractivity contribution in [3.8, 4) is 34.2 Å². The predicted octanol–water partition coefficient (Wildman–Crippen LogP) is 5.34. The molecule has 42 heavy (non-hydrogen) atoms. The largest absolute Gasteiger partial charge is 0.484 e. The van der Waals surface area contributed by atoms with Gasteiger partial charge in [-0.05, 0) is 42.8 Å². The van der Waals surface area contributed by atoms with Crippen LogP contribution in [0.3, 0.4) is 0 Å². The van der Waals surface area contributed by atoms with Crippen molar-refractivity contribution < 1.29 is 26.3 Å². The molecule has 3 aromatic heterocycles. The van der Waals surface area contributed by atoms with Gasteiger partial charge in [0.05, 0.1) is 16.6 Å². The van der Waals surface area contributed by atoms with E-state index in [0.717, 1.165) is 5.56 Å². The zero-order chi connectivity index (χ0) is 30.3. The lowest BCUT2D eigenvalue weighted by molar-refractivity contribution is 0.228. The summed E-state index contributed by atoms with van der Waals surface area (Å²) < 4.78 is 75.1. The number of benzene rings is 2. The Bertz CT molecular complexity index is 1960. The van der Waals surface area contributed by atoms with Crippen molar-refractivity contribution in [1.82, 2.24) is 19.3 Å². The topological polar surface area (TPSA) is 141 Å². The van der Waals surface area contributed by atoms with Crippen molar-refractivity contribution in [2.75, 3.05) is 10.5 Å². The lowest BCUT2D eigenvalue weighted by atomic mass is 10.0. The van der Waals surface area contributed by atoms with Gasteiger partial charge in [-0.3, -0.25) is 9.40 Å². The molecule has 0 aliphatic heterocycles. The molecule has 0 spiro atoms. The van der Waals surface area contributed by atoms with Gasteiger partial charge in [-0.2, -0.15) is 19.1 Å². The highest BCUT2D eigenvalue weighted by Gasteiger charge is 2.27. The minimum absolute atomic E-state index is 0.0724. The highest BCUT2D eigenvalue weighted by molar-refractivity contribution is 7.93. The van der Waals surface area contributed by atoms with E-state index in [1.807, 2.05) is 4.72 Å². The SMILES string of the molecule is C[C@H](Oc1cc(-c2nn(C)c3c(-c4cc(C#N)n(C)c4)cnc(N)c23)ccc1NS(=O)(=O)C(F)F)c1ccc(F)cc1. The molecule has 10 nitrogen and oxygen atoms in total. The van der Waals surface area contributed by atoms with Crippen molar-refractivity contribution in [3.63, 3.8) is 0 Å². The summed E-state index contributed by atoms with van der Waals surface area (Å²) in [5, 5.41) is 14.5. The van der Waals surface area contributed by atoms with E-state index < -0.39 is 27.7 Å². The van der Waals surface area contributed by atoms with Gasteiger partial charge in [0.2, 0.25) is 0 Å². The highest BCUT2D eigenvalue weighted by atomic mass is 32.2. The van der Waals surface area contributed by atoms with Crippen LogP contribution in [0.2, 0.25) is 0 Å². The van der Waals surface area contributed by atoms with Crippen LogP contribution in [-0.4, -0.2) is 33.5 Å². The lowest BCUT2D eigenvalue weighted by Gasteiger charge is -2.19. The molecule has 0 saturated carbocycles. The molecule has 0 radical (unpaired) electrons. The van der Waals surface area contributed by atoms with E-state index in [-0.39, 0.29) is 17.3 Å². The van der Waals surface area contributed by atoms with Crippen LogP contribution < -0.4 is 15.2 Å². The fourth-order valence-corrected chi connectivity index (χ4v) is 5.18. The van der Waals surface area contributed by atoms with Crippen molar-refractivity contribution >= 4 is 32.4 Å². The molecular formula is C28H24F3N7O3S. The van der Waals surface area contributed by atoms with Crippen molar-refractivity contribution in [1.29, 1.82) is 5.26 Å². The van der Waals surface area contributed by atoms with Crippen LogP contribution >= 0.6 is 0 Å². The molecule has 0 aliphatic carbocycles. The fraction of sp³-hybridized carbons (Fsp3) is 0.179. The Morgan fingerprint density at radius 2 is 1.81 bits per heavy atom. The van der Waals surface area contributed by atoms with Crippen LogP contribution in [0.4, 0.5) is 24.7 Å². The molecule has 14 heteroatoms. The van der Waals surface area contributed by atoms with Crippen molar-refractivity contribution in [3.05, 3.63) is 78.0 Å². The van der Waals surface area contributed by atoms with Gasteiger partial charge in [-0.15, -0.1) is 0 Å². The van der Waals surface area contributed by atoms with E-state index in [9.17, 15) is 26.9 Å². The second kappa shape index (κ2) is 10.7. The van der Waals surface area contributed by atoms with E-state index in [0.29, 0.717) is 39.0 Å². The van der Waals surface area contributed by atoms with E-state index in [4.69, 9.17) is 10.5 Å². The molecule has 0 unspecified atom stereocenters. The second-order valence-electron chi connectivity index (χ2n) is 9.52. The number of hydrogen-bond acceptors (Lipinski definition) is 7. The Kier molecular flexibility index (Phi) is 7.29. The Balaban J connectivity index is 1.65. The highest BCUT2D eigenvalue weighted by Crippen LogP contribution is 2.40. The first-order valence-electron chi connectivity index (χ1n) is 12.4. The maximum atomic E-state index is 13.5. The number of pyridine rings is 1. The van der Waals surface area contributed by atoms with Crippen molar-refractivity contribution in [2.24, 2.45) is 14.1 Å². The second-order valence-corrected chi connectivity index (χ2v) is 11.2. The molecule has 0 fully saturated rings. The number of sulfonamides is 1. The monoisotopic (exact) mass is 595 g/mol. The van der Waals surface area contributed by atoms with Crippen LogP contribution in [0.5, 0.6) is 5.75 Å². The Morgan fingerprint density at radius 1 is 1.10 bits per heavy atom. The Labute approximate surface area is 238 Å². The van der Waals surface area contributed by atoms with Gasteiger partial charge in [0, 0.05) is 43.2 Å². The summed E-state index contributed by atoms with van der Waals surface area (Å²) in [5.74, 6) is -4.04. The molecule has 0 saturated heterocycles. The van der Waals surface area contributed by atoms with Gasteiger partial charge >= 0.3 is 5.76 Å². The molecule has 5 rings (SSSR count). The van der Waals surface area contributed by atoms with Gasteiger partial charge < -0.3 is 15.0 Å². The smallest absolute Gasteiger partial charge is 0.355 e. The minimum atomic E-state index is -5.02. The number of anilines is 2. The van der Waals surface area contributed by atoms with E-state index in [1.54, 1.807) is 48.7 Å². The molecule has 0 amide bonds. The quantitative estimate of drug-likeness (QED) is 0.247. The standard InChI is InChI=1S/C28H24F3N7O3S/c1-15(16-4-7-19(29)8-5-16)41-23-11-17(6-9-22(23)36-42(39,40)28(30)31)25-24-26(38(3)35-25)21(13-34-27(24)33)18-10-20(12-32)37(2)14-18/h4-11,13-15,28,36H,1-3H3,(H2,33,34)/t15-/m0/s1. The molecular weight excluding hydrogens is 571 g/mol. The number of nitriles is 1. The molecule has 216 valence electrons. The number of rotatable bonds is 8. The number of halogens is 3. The number of nitrogen functional groups attached to an aromatic ring is 1. The number of nitrogens with one attached hydrogen (secondary N) is 1. The van der Waals surface area contributed by atoms with Crippen LogP contribution in [-0.2, 0) is 24.1 Å². The third-order valence-electron chi connectivity index (χ3n) is 6.71. The normalized spacial score (nSPS) is 12.4. The van der Waals surface area contributed by atoms with Crippen LogP contribution in [0.25, 0.3) is 33.3 Å². The Hall–Kier alpha value is -5.03. The molecule has 2 aromatic carbocycles. The molecule has 3 heterocycles. The van der Waals surface area contributed by atoms with Crippen LogP contribution in [0.15, 0.2) is 60.9 Å². The van der Waals surface area contributed by atoms with Gasteiger partial charge in [-0.25, -0.2) is 17.8 Å². The number of nitrogens with two attached hydrogens (primary N) is 1. The third kappa shape index (κ3) is 5.21. The average Bonchev–Trinajstić information content (AvgIpc) is 3.50. The maximum Gasteiger partial charge on any atom is 0.355 e. The first-order valence-corrected chi connectivity index (χ1v) is 14.0. The number of aryl methyl sites for hydroxylation is 2. The summed E-state index contributed by atoms with van der Waals surface area (Å²) in [6, 6.07) is 13.5. The summed E-state index contributed by atoms with van der Waals surface area (Å²) in [4.78, 5) is 4.35. The number of nitrogens with zero attached hydrogens (tertiary/aromatic N) is 5. The van der Waals surface area contributed by atoms with Crippen molar-refractivity contribution in [2.45, 2.75) is 18.8 Å². The number of fused-ring (bicyclic) bond motifs is 1. The molecule has 1 atom stereocenters. The van der Waals surface area contributed by atoms with Crippen LogP contribution in [0, 0.1) is 17.1 Å². The summed E-state index contributed by atoms with van der Waals surface area (Å²) in [7, 11) is -1.56. The average molecular weight is 596 g/mol. The van der Waals surface area contributed by atoms with E-state index in [2.05, 4.69) is 16.2 Å². The van der Waals surface area contributed by atoms with Gasteiger partial charge in [0.15, 0.2) is 0 Å². The summed E-state index contributed by atoms with van der Waals surface area (Å²) in [5.41, 5.74) is 9.89. The van der Waals surface area contributed by atoms with Crippen LogP contribution in [0.1, 0.15) is 24.3 Å². The number of alkyl halides is 2.